The Morgan fingerprint density at radius 3 is 2.21 bits per heavy atom. The number of hydrogen-bond donors (Lipinski definition) is 6. The fourth-order valence-corrected chi connectivity index (χ4v) is 3.37. The van der Waals surface area contributed by atoms with Crippen LogP contribution in [-0.4, -0.2) is 106 Å². The highest BCUT2D eigenvalue weighted by Gasteiger charge is 2.51. The molecule has 0 saturated carbocycles. The van der Waals surface area contributed by atoms with Crippen molar-refractivity contribution in [2.45, 2.75) is 69.1 Å². The van der Waals surface area contributed by atoms with Crippen LogP contribution in [0.15, 0.2) is 0 Å². The van der Waals surface area contributed by atoms with Crippen molar-refractivity contribution in [1.82, 2.24) is 5.32 Å². The first-order valence-corrected chi connectivity index (χ1v) is 8.76. The van der Waals surface area contributed by atoms with Gasteiger partial charge in [-0.05, 0) is 0 Å². The third kappa shape index (κ3) is 4.60. The molecule has 4 unspecified atom stereocenters. The first-order valence-electron chi connectivity index (χ1n) is 8.76. The average Bonchev–Trinajstić information content (AvgIpc) is 2.64. The van der Waals surface area contributed by atoms with E-state index >= 15 is 0 Å². The molecule has 12 heteroatoms. The molecule has 0 aliphatic carbocycles. The van der Waals surface area contributed by atoms with Gasteiger partial charge in [0.2, 0.25) is 5.91 Å². The zero-order valence-corrected chi connectivity index (χ0v) is 15.7. The lowest BCUT2D eigenvalue weighted by Gasteiger charge is -2.47. The molecule has 0 aromatic rings. The highest BCUT2D eigenvalue weighted by Crippen LogP contribution is 2.31. The van der Waals surface area contributed by atoms with Gasteiger partial charge in [0.15, 0.2) is 18.7 Å². The molecular weight excluding hydrogens is 382 g/mol. The lowest BCUT2D eigenvalue weighted by atomic mass is 9.90. The van der Waals surface area contributed by atoms with Crippen molar-refractivity contribution in [2.24, 2.45) is 5.92 Å². The molecule has 162 valence electrons. The summed E-state index contributed by atoms with van der Waals surface area (Å²) in [6.07, 6.45) is -11.2. The number of carbonyl (C=O) groups is 2. The van der Waals surface area contributed by atoms with Crippen LogP contribution in [0.1, 0.15) is 13.8 Å². The standard InChI is InChI=1S/C16H27NO11/c1-5-9(20)11(22)16(27-12(5)14(23)24)28-13-8(17-6(2)19)15(25-3)26-7(4-18)10(13)21/h5,7-13,15-16,18,20-22H,4H2,1-3H3,(H,17,19)(H,23,24)/t5-,7?,8?,9-,10+,11?,12?,13+,15+,16-/m0/s1. The van der Waals surface area contributed by atoms with E-state index in [0.29, 0.717) is 0 Å². The number of methoxy groups -OCH3 is 1. The number of ether oxygens (including phenoxy) is 4. The minimum atomic E-state index is -1.63. The Morgan fingerprint density at radius 2 is 1.71 bits per heavy atom. The molecule has 0 aromatic carbocycles. The largest absolute Gasteiger partial charge is 0.479 e. The van der Waals surface area contributed by atoms with Gasteiger partial charge < -0.3 is 49.8 Å². The van der Waals surface area contributed by atoms with E-state index in [-0.39, 0.29) is 0 Å². The zero-order valence-electron chi connectivity index (χ0n) is 15.7. The Labute approximate surface area is 160 Å². The summed E-state index contributed by atoms with van der Waals surface area (Å²) in [5.74, 6) is -2.78. The first-order chi connectivity index (χ1) is 13.1. The molecule has 2 aliphatic heterocycles. The van der Waals surface area contributed by atoms with E-state index in [4.69, 9.17) is 18.9 Å². The second-order valence-corrected chi connectivity index (χ2v) is 6.88. The second kappa shape index (κ2) is 9.41. The Balaban J connectivity index is 2.29. The van der Waals surface area contributed by atoms with Crippen LogP contribution in [0.25, 0.3) is 0 Å². The maximum atomic E-state index is 11.6. The lowest BCUT2D eigenvalue weighted by molar-refractivity contribution is -0.333. The molecule has 2 rings (SSSR count). The molecule has 2 saturated heterocycles. The summed E-state index contributed by atoms with van der Waals surface area (Å²) in [5, 5.41) is 52.1. The van der Waals surface area contributed by atoms with Gasteiger partial charge in [0, 0.05) is 20.0 Å². The fourth-order valence-electron chi connectivity index (χ4n) is 3.37. The summed E-state index contributed by atoms with van der Waals surface area (Å²) in [7, 11) is 1.28. The van der Waals surface area contributed by atoms with Crippen molar-refractivity contribution in [3.05, 3.63) is 0 Å². The molecule has 2 fully saturated rings. The van der Waals surface area contributed by atoms with E-state index in [2.05, 4.69) is 5.32 Å². The van der Waals surface area contributed by atoms with Gasteiger partial charge in [0.1, 0.15) is 30.5 Å². The number of hydrogen-bond acceptors (Lipinski definition) is 10. The smallest absolute Gasteiger partial charge is 0.333 e. The maximum absolute atomic E-state index is 11.6. The van der Waals surface area contributed by atoms with Gasteiger partial charge in [0.05, 0.1) is 12.7 Å². The highest BCUT2D eigenvalue weighted by molar-refractivity contribution is 5.73. The zero-order chi connectivity index (χ0) is 21.2. The van der Waals surface area contributed by atoms with Gasteiger partial charge in [0.25, 0.3) is 0 Å². The number of aliphatic carboxylic acids is 1. The third-order valence-electron chi connectivity index (χ3n) is 4.92. The van der Waals surface area contributed by atoms with Crippen molar-refractivity contribution in [1.29, 1.82) is 0 Å². The molecule has 0 radical (unpaired) electrons. The number of rotatable bonds is 6. The van der Waals surface area contributed by atoms with Gasteiger partial charge in [-0.15, -0.1) is 0 Å². The van der Waals surface area contributed by atoms with Gasteiger partial charge in [-0.1, -0.05) is 6.92 Å². The topological polar surface area (TPSA) is 184 Å². The van der Waals surface area contributed by atoms with Crippen molar-refractivity contribution < 1.29 is 54.1 Å². The van der Waals surface area contributed by atoms with E-state index in [1.54, 1.807) is 0 Å². The third-order valence-corrected chi connectivity index (χ3v) is 4.92. The summed E-state index contributed by atoms with van der Waals surface area (Å²) in [5.41, 5.74) is 0. The Hall–Kier alpha value is -1.38. The molecule has 0 aromatic heterocycles. The molecule has 1 amide bonds. The molecule has 12 nitrogen and oxygen atoms in total. The predicted molar refractivity (Wildman–Crippen MR) is 88.7 cm³/mol. The monoisotopic (exact) mass is 409 g/mol. The molecule has 0 spiro atoms. The van der Waals surface area contributed by atoms with Crippen LogP contribution < -0.4 is 5.32 Å². The van der Waals surface area contributed by atoms with Crippen molar-refractivity contribution in [2.75, 3.05) is 13.7 Å². The van der Waals surface area contributed by atoms with Gasteiger partial charge in [-0.3, -0.25) is 4.79 Å². The van der Waals surface area contributed by atoms with Gasteiger partial charge in [-0.2, -0.15) is 0 Å². The minimum Gasteiger partial charge on any atom is -0.479 e. The van der Waals surface area contributed by atoms with Crippen LogP contribution in [0, 0.1) is 5.92 Å². The van der Waals surface area contributed by atoms with Crippen LogP contribution in [0.5, 0.6) is 0 Å². The Kier molecular flexibility index (Phi) is 7.70. The van der Waals surface area contributed by atoms with E-state index in [1.807, 2.05) is 0 Å². The Bertz CT molecular complexity index is 561. The number of aliphatic hydroxyl groups is 4. The molecule has 0 bridgehead atoms. The van der Waals surface area contributed by atoms with E-state index in [1.165, 1.54) is 21.0 Å². The number of amides is 1. The predicted octanol–water partition coefficient (Wildman–Crippen LogP) is -3.23. The fraction of sp³-hybridized carbons (Fsp3) is 0.875. The number of carboxylic acid groups (broad SMARTS) is 1. The molecule has 2 heterocycles. The van der Waals surface area contributed by atoms with Crippen molar-refractivity contribution in [3.8, 4) is 0 Å². The van der Waals surface area contributed by atoms with E-state index in [9.17, 15) is 35.1 Å². The van der Waals surface area contributed by atoms with Crippen molar-refractivity contribution in [3.63, 3.8) is 0 Å². The molecule has 2 aliphatic rings. The molecule has 28 heavy (non-hydrogen) atoms. The molecule has 10 atom stereocenters. The first kappa shape index (κ1) is 22.9. The van der Waals surface area contributed by atoms with Crippen LogP contribution >= 0.6 is 0 Å². The number of aliphatic hydroxyl groups excluding tert-OH is 4. The highest BCUT2D eigenvalue weighted by atomic mass is 16.7. The quantitative estimate of drug-likeness (QED) is 0.259. The second-order valence-electron chi connectivity index (χ2n) is 6.88. The minimum absolute atomic E-state index is 0.499. The average molecular weight is 409 g/mol. The summed E-state index contributed by atoms with van der Waals surface area (Å²) < 4.78 is 21.4. The summed E-state index contributed by atoms with van der Waals surface area (Å²) in [4.78, 5) is 22.9. The molecule has 6 N–H and O–H groups in total. The molecular formula is C16H27NO11. The van der Waals surface area contributed by atoms with Gasteiger partial charge >= 0.3 is 5.97 Å². The summed E-state index contributed by atoms with van der Waals surface area (Å²) in [6.45, 7) is 2.01. The Morgan fingerprint density at radius 1 is 1.07 bits per heavy atom. The summed E-state index contributed by atoms with van der Waals surface area (Å²) in [6, 6.07) is -1.07. The number of nitrogens with one attached hydrogen (secondary N) is 1. The summed E-state index contributed by atoms with van der Waals surface area (Å²) >= 11 is 0. The van der Waals surface area contributed by atoms with Crippen LogP contribution in [0.3, 0.4) is 0 Å². The van der Waals surface area contributed by atoms with Crippen LogP contribution in [0.2, 0.25) is 0 Å². The SMILES string of the molecule is CO[C@@H]1OC(CO)[C@@H](O)[C@H](O[C@@H]2OC(C(=O)O)[C@@H](C)[C@H](O)C2O)C1NC(C)=O. The van der Waals surface area contributed by atoms with Crippen LogP contribution in [0.4, 0.5) is 0 Å². The van der Waals surface area contributed by atoms with Crippen molar-refractivity contribution >= 4 is 11.9 Å². The van der Waals surface area contributed by atoms with Gasteiger partial charge in [-0.25, -0.2) is 4.79 Å². The number of carboxylic acids is 1. The normalized spacial score (nSPS) is 44.1. The van der Waals surface area contributed by atoms with E-state index in [0.717, 1.165) is 0 Å². The maximum Gasteiger partial charge on any atom is 0.333 e. The van der Waals surface area contributed by atoms with Crippen LogP contribution in [-0.2, 0) is 28.5 Å². The lowest BCUT2D eigenvalue weighted by Crippen LogP contribution is -2.67. The number of carbonyl (C=O) groups excluding carboxylic acids is 1. The van der Waals surface area contributed by atoms with E-state index < -0.39 is 79.6 Å².